The lowest BCUT2D eigenvalue weighted by Gasteiger charge is -2.16. The molecule has 0 aromatic heterocycles. The maximum atomic E-state index is 13.3. The van der Waals surface area contributed by atoms with Crippen LogP contribution in [0.4, 0.5) is 17.6 Å². The average Bonchev–Trinajstić information content (AvgIpc) is 2.24. The summed E-state index contributed by atoms with van der Waals surface area (Å²) < 4.78 is 75.2. The monoisotopic (exact) mass is 310 g/mol. The van der Waals surface area contributed by atoms with Gasteiger partial charge in [-0.15, -0.1) is 0 Å². The van der Waals surface area contributed by atoms with E-state index in [1.54, 1.807) is 4.72 Å². The van der Waals surface area contributed by atoms with Gasteiger partial charge in [0, 0.05) is 6.04 Å². The maximum Gasteiger partial charge on any atom is 0.390 e. The first kappa shape index (κ1) is 16.4. The van der Waals surface area contributed by atoms with Crippen LogP contribution < -0.4 is 4.72 Å². The lowest BCUT2D eigenvalue weighted by molar-refractivity contribution is -0.137. The summed E-state index contributed by atoms with van der Waals surface area (Å²) in [5.41, 5.74) is -0.737. The van der Waals surface area contributed by atoms with E-state index < -0.39 is 44.9 Å². The lowest BCUT2D eigenvalue weighted by atomic mass is 10.2. The molecule has 0 aliphatic heterocycles. The van der Waals surface area contributed by atoms with E-state index in [1.165, 1.54) is 6.07 Å². The Hall–Kier alpha value is -1.66. The second kappa shape index (κ2) is 5.76. The molecule has 110 valence electrons. The van der Waals surface area contributed by atoms with Gasteiger partial charge in [-0.1, -0.05) is 6.07 Å². The maximum absolute atomic E-state index is 13.3. The topological polar surface area (TPSA) is 70.0 Å². The highest BCUT2D eigenvalue weighted by Gasteiger charge is 2.32. The summed E-state index contributed by atoms with van der Waals surface area (Å²) in [5, 5.41) is 8.72. The molecule has 1 aromatic carbocycles. The van der Waals surface area contributed by atoms with Gasteiger partial charge in [0.25, 0.3) is 0 Å². The molecule has 0 saturated heterocycles. The molecule has 0 bridgehead atoms. The molecular weight excluding hydrogens is 300 g/mol. The van der Waals surface area contributed by atoms with Crippen molar-refractivity contribution < 1.29 is 26.0 Å². The van der Waals surface area contributed by atoms with E-state index in [4.69, 9.17) is 5.26 Å². The van der Waals surface area contributed by atoms with Crippen molar-refractivity contribution in [3.05, 3.63) is 29.6 Å². The molecule has 0 heterocycles. The SMILES string of the molecule is CC(CC(F)(F)F)NS(=O)(=O)c1cccc(F)c1C#N. The van der Waals surface area contributed by atoms with Crippen molar-refractivity contribution in [1.29, 1.82) is 5.26 Å². The first-order valence-electron chi connectivity index (χ1n) is 5.34. The highest BCUT2D eigenvalue weighted by Crippen LogP contribution is 2.23. The van der Waals surface area contributed by atoms with E-state index >= 15 is 0 Å². The molecule has 1 N–H and O–H groups in total. The Morgan fingerprint density at radius 1 is 1.40 bits per heavy atom. The highest BCUT2D eigenvalue weighted by molar-refractivity contribution is 7.89. The van der Waals surface area contributed by atoms with Crippen molar-refractivity contribution in [2.45, 2.75) is 30.5 Å². The number of nitrogens with one attached hydrogen (secondary N) is 1. The Balaban J connectivity index is 3.08. The number of benzene rings is 1. The van der Waals surface area contributed by atoms with Gasteiger partial charge < -0.3 is 0 Å². The number of rotatable bonds is 4. The second-order valence-corrected chi connectivity index (χ2v) is 5.75. The van der Waals surface area contributed by atoms with Crippen molar-refractivity contribution >= 4 is 10.0 Å². The third-order valence-corrected chi connectivity index (χ3v) is 3.90. The van der Waals surface area contributed by atoms with Crippen molar-refractivity contribution in [3.63, 3.8) is 0 Å². The number of hydrogen-bond donors (Lipinski definition) is 1. The minimum Gasteiger partial charge on any atom is -0.208 e. The third-order valence-electron chi connectivity index (χ3n) is 2.27. The molecule has 4 nitrogen and oxygen atoms in total. The van der Waals surface area contributed by atoms with Crippen LogP contribution in [0.1, 0.15) is 18.9 Å². The number of nitriles is 1. The van der Waals surface area contributed by atoms with Crippen LogP contribution in [0.3, 0.4) is 0 Å². The molecule has 0 aliphatic rings. The Morgan fingerprint density at radius 3 is 2.50 bits per heavy atom. The molecule has 0 aliphatic carbocycles. The van der Waals surface area contributed by atoms with Gasteiger partial charge in [-0.2, -0.15) is 18.4 Å². The zero-order valence-corrected chi connectivity index (χ0v) is 11.0. The molecule has 0 spiro atoms. The average molecular weight is 310 g/mol. The Morgan fingerprint density at radius 2 is 2.00 bits per heavy atom. The summed E-state index contributed by atoms with van der Waals surface area (Å²) in [5.74, 6) is -1.06. The summed E-state index contributed by atoms with van der Waals surface area (Å²) in [6.45, 7) is 1.02. The minimum absolute atomic E-state index is 0.686. The minimum atomic E-state index is -4.54. The fraction of sp³-hybridized carbons (Fsp3) is 0.364. The molecule has 1 rings (SSSR count). The van der Waals surface area contributed by atoms with Crippen LogP contribution in [-0.4, -0.2) is 20.6 Å². The number of nitrogens with zero attached hydrogens (tertiary/aromatic N) is 1. The summed E-state index contributed by atoms with van der Waals surface area (Å²) in [4.78, 5) is -0.686. The third kappa shape index (κ3) is 4.18. The first-order valence-corrected chi connectivity index (χ1v) is 6.83. The van der Waals surface area contributed by atoms with Gasteiger partial charge in [-0.3, -0.25) is 0 Å². The van der Waals surface area contributed by atoms with E-state index in [1.807, 2.05) is 0 Å². The molecule has 9 heteroatoms. The van der Waals surface area contributed by atoms with Gasteiger partial charge in [-0.05, 0) is 19.1 Å². The van der Waals surface area contributed by atoms with Gasteiger partial charge in [0.2, 0.25) is 10.0 Å². The smallest absolute Gasteiger partial charge is 0.208 e. The molecule has 1 unspecified atom stereocenters. The van der Waals surface area contributed by atoms with Gasteiger partial charge in [-0.25, -0.2) is 17.5 Å². The zero-order valence-electron chi connectivity index (χ0n) is 10.2. The summed E-state index contributed by atoms with van der Waals surface area (Å²) in [7, 11) is -4.41. The van der Waals surface area contributed by atoms with Crippen LogP contribution in [-0.2, 0) is 10.0 Å². The molecule has 0 radical (unpaired) electrons. The fourth-order valence-corrected chi connectivity index (χ4v) is 2.96. The van der Waals surface area contributed by atoms with Crippen LogP contribution in [0, 0.1) is 17.1 Å². The Bertz CT molecular complexity index is 635. The van der Waals surface area contributed by atoms with Gasteiger partial charge in [0.15, 0.2) is 0 Å². The number of halogens is 4. The van der Waals surface area contributed by atoms with Crippen LogP contribution in [0.5, 0.6) is 0 Å². The van der Waals surface area contributed by atoms with E-state index in [-0.39, 0.29) is 0 Å². The lowest BCUT2D eigenvalue weighted by Crippen LogP contribution is -2.36. The number of hydrogen-bond acceptors (Lipinski definition) is 3. The second-order valence-electron chi connectivity index (χ2n) is 4.07. The summed E-state index contributed by atoms with van der Waals surface area (Å²) in [6, 6.07) is 2.83. The zero-order chi connectivity index (χ0) is 15.6. The molecule has 1 atom stereocenters. The number of alkyl halides is 3. The van der Waals surface area contributed by atoms with E-state index in [0.29, 0.717) is 0 Å². The molecule has 20 heavy (non-hydrogen) atoms. The van der Waals surface area contributed by atoms with Gasteiger partial charge in [0.05, 0.1) is 6.42 Å². The molecule has 0 amide bonds. The normalized spacial score (nSPS) is 13.8. The molecule has 0 fully saturated rings. The van der Waals surface area contributed by atoms with Gasteiger partial charge in [0.1, 0.15) is 22.3 Å². The Labute approximate surface area is 113 Å². The predicted octanol–water partition coefficient (Wildman–Crippen LogP) is 2.32. The van der Waals surface area contributed by atoms with Gasteiger partial charge >= 0.3 is 6.18 Å². The Kier molecular flexibility index (Phi) is 4.73. The first-order chi connectivity index (χ1) is 9.07. The van der Waals surface area contributed by atoms with Crippen molar-refractivity contribution in [2.24, 2.45) is 0 Å². The van der Waals surface area contributed by atoms with E-state index in [0.717, 1.165) is 25.1 Å². The van der Waals surface area contributed by atoms with Crippen LogP contribution in [0.25, 0.3) is 0 Å². The van der Waals surface area contributed by atoms with E-state index in [9.17, 15) is 26.0 Å². The predicted molar refractivity (Wildman–Crippen MR) is 61.6 cm³/mol. The van der Waals surface area contributed by atoms with Crippen LogP contribution in [0.15, 0.2) is 23.1 Å². The van der Waals surface area contributed by atoms with E-state index in [2.05, 4.69) is 0 Å². The van der Waals surface area contributed by atoms with Crippen molar-refractivity contribution in [2.75, 3.05) is 0 Å². The standard InChI is InChI=1S/C11H10F4N2O2S/c1-7(5-11(13,14)15)17-20(18,19)10-4-2-3-9(12)8(10)6-16/h2-4,7,17H,5H2,1H3. The highest BCUT2D eigenvalue weighted by atomic mass is 32.2. The van der Waals surface area contributed by atoms with Crippen molar-refractivity contribution in [3.8, 4) is 6.07 Å². The fourth-order valence-electron chi connectivity index (χ4n) is 1.55. The molecule has 0 saturated carbocycles. The number of sulfonamides is 1. The van der Waals surface area contributed by atoms with Crippen LogP contribution in [0.2, 0.25) is 0 Å². The van der Waals surface area contributed by atoms with Crippen LogP contribution >= 0.6 is 0 Å². The quantitative estimate of drug-likeness (QED) is 0.868. The molecule has 1 aromatic rings. The van der Waals surface area contributed by atoms with Crippen molar-refractivity contribution in [1.82, 2.24) is 4.72 Å². The summed E-state index contributed by atoms with van der Waals surface area (Å²) >= 11 is 0. The molecular formula is C11H10F4N2O2S. The largest absolute Gasteiger partial charge is 0.390 e. The summed E-state index contributed by atoms with van der Waals surface area (Å²) in [6.07, 6.45) is -5.91.